The minimum absolute atomic E-state index is 0.134. The van der Waals surface area contributed by atoms with Gasteiger partial charge in [0.2, 0.25) is 11.8 Å². The van der Waals surface area contributed by atoms with E-state index in [1.807, 2.05) is 65.3 Å². The van der Waals surface area contributed by atoms with E-state index in [0.29, 0.717) is 5.82 Å². The second-order valence-corrected chi connectivity index (χ2v) is 11.9. The smallest absolute Gasteiger partial charge is 0.240 e. The molecule has 7 nitrogen and oxygen atoms in total. The van der Waals surface area contributed by atoms with Gasteiger partial charge in [0.05, 0.1) is 34.6 Å². The van der Waals surface area contributed by atoms with Crippen LogP contribution in [0.15, 0.2) is 97.2 Å². The molecule has 43 heavy (non-hydrogen) atoms. The number of benzene rings is 3. The lowest BCUT2D eigenvalue weighted by Crippen LogP contribution is -2.42. The van der Waals surface area contributed by atoms with Gasteiger partial charge in [-0.05, 0) is 55.7 Å². The normalized spacial score (nSPS) is 14.7. The molecule has 0 spiro atoms. The molecule has 2 aromatic heterocycles. The van der Waals surface area contributed by atoms with Gasteiger partial charge in [-0.3, -0.25) is 19.5 Å². The Hall–Kier alpha value is -4.69. The fourth-order valence-corrected chi connectivity index (χ4v) is 6.64. The number of hydrogen-bond donors (Lipinski definition) is 1. The van der Waals surface area contributed by atoms with Crippen LogP contribution >= 0.6 is 11.8 Å². The van der Waals surface area contributed by atoms with Gasteiger partial charge in [-0.2, -0.15) is 5.10 Å². The Kier molecular flexibility index (Phi) is 8.11. The van der Waals surface area contributed by atoms with Gasteiger partial charge in [0.15, 0.2) is 0 Å². The average molecular weight is 588 g/mol. The van der Waals surface area contributed by atoms with Crippen molar-refractivity contribution in [1.29, 1.82) is 0 Å². The molecule has 216 valence electrons. The number of rotatable bonds is 7. The van der Waals surface area contributed by atoms with Gasteiger partial charge in [-0.25, -0.2) is 4.68 Å². The zero-order valence-electron chi connectivity index (χ0n) is 24.4. The van der Waals surface area contributed by atoms with Crippen molar-refractivity contribution in [2.24, 2.45) is 0 Å². The first-order chi connectivity index (χ1) is 20.9. The SMILES string of the molecule is Cc1cccc([C@H]2SCC(=O)N(CC(=O)NCc3ccccn3)c3c2c(-c2ccccc2)nn3-c2cccc(C)c2C)c1. The van der Waals surface area contributed by atoms with E-state index in [-0.39, 0.29) is 35.9 Å². The molecule has 1 aliphatic rings. The average Bonchev–Trinajstić information content (AvgIpc) is 3.34. The number of pyridine rings is 1. The van der Waals surface area contributed by atoms with Crippen LogP contribution in [0.2, 0.25) is 0 Å². The maximum absolute atomic E-state index is 14.0. The van der Waals surface area contributed by atoms with Gasteiger partial charge >= 0.3 is 0 Å². The zero-order chi connectivity index (χ0) is 29.9. The minimum Gasteiger partial charge on any atom is -0.349 e. The van der Waals surface area contributed by atoms with Crippen molar-refractivity contribution in [3.05, 3.63) is 131 Å². The predicted octanol–water partition coefficient (Wildman–Crippen LogP) is 6.35. The summed E-state index contributed by atoms with van der Waals surface area (Å²) in [4.78, 5) is 33.3. The quantitative estimate of drug-likeness (QED) is 0.240. The lowest BCUT2D eigenvalue weighted by Gasteiger charge is -2.24. The highest BCUT2D eigenvalue weighted by Gasteiger charge is 2.38. The number of amides is 2. The molecule has 8 heteroatoms. The van der Waals surface area contributed by atoms with Crippen molar-refractivity contribution in [3.8, 4) is 16.9 Å². The lowest BCUT2D eigenvalue weighted by molar-refractivity contribution is -0.123. The number of carbonyl (C=O) groups excluding carboxylic acids is 2. The van der Waals surface area contributed by atoms with E-state index in [0.717, 1.165) is 50.5 Å². The molecule has 6 rings (SSSR count). The Morgan fingerprint density at radius 1 is 0.953 bits per heavy atom. The van der Waals surface area contributed by atoms with E-state index in [9.17, 15) is 9.59 Å². The second-order valence-electron chi connectivity index (χ2n) is 10.8. The fraction of sp³-hybridized carbons (Fsp3) is 0.200. The summed E-state index contributed by atoms with van der Waals surface area (Å²) in [5, 5.41) is 8.01. The van der Waals surface area contributed by atoms with Crippen LogP contribution in [0.5, 0.6) is 0 Å². The van der Waals surface area contributed by atoms with Gasteiger partial charge in [0.25, 0.3) is 0 Å². The van der Waals surface area contributed by atoms with E-state index in [1.165, 1.54) is 0 Å². The van der Waals surface area contributed by atoms with Gasteiger partial charge in [0, 0.05) is 17.3 Å². The van der Waals surface area contributed by atoms with Crippen LogP contribution in [0.4, 0.5) is 5.82 Å². The van der Waals surface area contributed by atoms with Gasteiger partial charge < -0.3 is 5.32 Å². The van der Waals surface area contributed by atoms with Crippen LogP contribution in [-0.4, -0.2) is 38.9 Å². The molecule has 3 heterocycles. The monoisotopic (exact) mass is 587 g/mol. The Balaban J connectivity index is 1.55. The number of nitrogens with zero attached hydrogens (tertiary/aromatic N) is 4. The molecule has 0 saturated carbocycles. The number of carbonyl (C=O) groups is 2. The van der Waals surface area contributed by atoms with Crippen molar-refractivity contribution in [1.82, 2.24) is 20.1 Å². The summed E-state index contributed by atoms with van der Waals surface area (Å²) in [6, 6.07) is 30.2. The topological polar surface area (TPSA) is 80.1 Å². The summed E-state index contributed by atoms with van der Waals surface area (Å²) in [7, 11) is 0. The highest BCUT2D eigenvalue weighted by atomic mass is 32.2. The lowest BCUT2D eigenvalue weighted by atomic mass is 9.98. The molecule has 0 bridgehead atoms. The maximum Gasteiger partial charge on any atom is 0.240 e. The molecule has 2 amide bonds. The Labute approximate surface area is 256 Å². The molecule has 0 radical (unpaired) electrons. The third-order valence-corrected chi connectivity index (χ3v) is 9.03. The first-order valence-corrected chi connectivity index (χ1v) is 15.4. The molecule has 3 aromatic carbocycles. The number of fused-ring (bicyclic) bond motifs is 1. The van der Waals surface area contributed by atoms with E-state index in [2.05, 4.69) is 61.4 Å². The number of hydrogen-bond acceptors (Lipinski definition) is 5. The van der Waals surface area contributed by atoms with E-state index in [1.54, 1.807) is 22.9 Å². The molecule has 5 aromatic rings. The molecule has 1 N–H and O–H groups in total. The number of aromatic nitrogens is 3. The van der Waals surface area contributed by atoms with Gasteiger partial charge in [-0.1, -0.05) is 78.4 Å². The predicted molar refractivity (Wildman–Crippen MR) is 172 cm³/mol. The second kappa shape index (κ2) is 12.3. The van der Waals surface area contributed by atoms with Crippen molar-refractivity contribution < 1.29 is 9.59 Å². The molecule has 0 aliphatic carbocycles. The third-order valence-electron chi connectivity index (χ3n) is 7.78. The zero-order valence-corrected chi connectivity index (χ0v) is 25.3. The number of anilines is 1. The summed E-state index contributed by atoms with van der Waals surface area (Å²) < 4.78 is 1.87. The summed E-state index contributed by atoms with van der Waals surface area (Å²) in [6.45, 7) is 6.35. The molecule has 1 aliphatic heterocycles. The summed E-state index contributed by atoms with van der Waals surface area (Å²) >= 11 is 1.58. The number of nitrogens with one attached hydrogen (secondary N) is 1. The van der Waals surface area contributed by atoms with Crippen LogP contribution in [0, 0.1) is 20.8 Å². The Morgan fingerprint density at radius 2 is 1.74 bits per heavy atom. The maximum atomic E-state index is 14.0. The van der Waals surface area contributed by atoms with Crippen molar-refractivity contribution in [2.75, 3.05) is 17.2 Å². The first-order valence-electron chi connectivity index (χ1n) is 14.3. The number of aryl methyl sites for hydroxylation is 2. The minimum atomic E-state index is -0.265. The largest absolute Gasteiger partial charge is 0.349 e. The van der Waals surface area contributed by atoms with Crippen LogP contribution in [0.25, 0.3) is 16.9 Å². The number of thioether (sulfide) groups is 1. The Morgan fingerprint density at radius 3 is 2.51 bits per heavy atom. The first kappa shape index (κ1) is 28.4. The summed E-state index contributed by atoms with van der Waals surface area (Å²) in [6.07, 6.45) is 1.70. The standard InChI is InChI=1S/C35H33N5O2S/c1-23-11-9-15-27(19-23)34-32-33(26-13-5-4-6-14-26)38-40(29-17-10-12-24(2)25(29)3)35(32)39(31(42)22-43-34)21-30(41)37-20-28-16-7-8-18-36-28/h4-19,34H,20-22H2,1-3H3,(H,37,41)/t34-/m1/s1. The highest BCUT2D eigenvalue weighted by molar-refractivity contribution is 8.00. The van der Waals surface area contributed by atoms with Crippen LogP contribution in [-0.2, 0) is 16.1 Å². The summed E-state index contributed by atoms with van der Waals surface area (Å²) in [5.74, 6) is 0.448. The molecule has 0 unspecified atom stereocenters. The molecule has 0 fully saturated rings. The van der Waals surface area contributed by atoms with Crippen molar-refractivity contribution >= 4 is 29.4 Å². The molecule has 0 saturated heterocycles. The van der Waals surface area contributed by atoms with Crippen LogP contribution in [0.1, 0.15) is 38.8 Å². The van der Waals surface area contributed by atoms with Crippen LogP contribution in [0.3, 0.4) is 0 Å². The Bertz CT molecular complexity index is 1790. The van der Waals surface area contributed by atoms with Gasteiger partial charge in [-0.15, -0.1) is 11.8 Å². The fourth-order valence-electron chi connectivity index (χ4n) is 5.45. The van der Waals surface area contributed by atoms with Gasteiger partial charge in [0.1, 0.15) is 12.4 Å². The summed E-state index contributed by atoms with van der Waals surface area (Å²) in [5.41, 5.74) is 8.71. The van der Waals surface area contributed by atoms with E-state index in [4.69, 9.17) is 5.10 Å². The van der Waals surface area contributed by atoms with E-state index < -0.39 is 0 Å². The van der Waals surface area contributed by atoms with Crippen molar-refractivity contribution in [3.63, 3.8) is 0 Å². The molecular weight excluding hydrogens is 554 g/mol. The molecular formula is C35H33N5O2S. The van der Waals surface area contributed by atoms with Crippen molar-refractivity contribution in [2.45, 2.75) is 32.6 Å². The van der Waals surface area contributed by atoms with E-state index >= 15 is 0 Å². The van der Waals surface area contributed by atoms with Crippen LogP contribution < -0.4 is 10.2 Å². The highest BCUT2D eigenvalue weighted by Crippen LogP contribution is 2.48. The molecule has 1 atom stereocenters. The third kappa shape index (κ3) is 5.83.